The zero-order valence-corrected chi connectivity index (χ0v) is 10.7. The van der Waals surface area contributed by atoms with Crippen molar-refractivity contribution in [2.45, 2.75) is 26.5 Å². The Balaban J connectivity index is 2.05. The number of hydrogen-bond acceptors (Lipinski definition) is 3. The van der Waals surface area contributed by atoms with E-state index in [0.717, 1.165) is 24.5 Å². The van der Waals surface area contributed by atoms with Crippen molar-refractivity contribution < 1.29 is 4.74 Å². The minimum atomic E-state index is 0.489. The maximum absolute atomic E-state index is 5.71. The van der Waals surface area contributed by atoms with E-state index >= 15 is 0 Å². The van der Waals surface area contributed by atoms with E-state index in [1.54, 1.807) is 0 Å². The average Bonchev–Trinajstić information content (AvgIpc) is 2.80. The highest BCUT2D eigenvalue weighted by molar-refractivity contribution is 5.21. The maximum Gasteiger partial charge on any atom is 0.146 e. The fourth-order valence-electron chi connectivity index (χ4n) is 1.97. The van der Waals surface area contributed by atoms with E-state index in [-0.39, 0.29) is 0 Å². The van der Waals surface area contributed by atoms with E-state index in [4.69, 9.17) is 10.5 Å². The Morgan fingerprint density at radius 1 is 1.28 bits per heavy atom. The fourth-order valence-corrected chi connectivity index (χ4v) is 1.97. The molecule has 1 heterocycles. The first kappa shape index (κ1) is 12.6. The third kappa shape index (κ3) is 2.90. The number of ether oxygens (including phenoxy) is 1. The van der Waals surface area contributed by atoms with Gasteiger partial charge in [0.15, 0.2) is 0 Å². The molecule has 2 rings (SSSR count). The molecule has 0 radical (unpaired) electrons. The SMILES string of the molecule is CCn1c(CCN)cnc1COc1ccccc1. The Hall–Kier alpha value is -1.81. The van der Waals surface area contributed by atoms with Crippen LogP contribution in [0.15, 0.2) is 36.5 Å². The molecule has 4 heteroatoms. The van der Waals surface area contributed by atoms with Gasteiger partial charge in [0.1, 0.15) is 18.2 Å². The molecule has 0 spiro atoms. The van der Waals surface area contributed by atoms with E-state index in [1.165, 1.54) is 5.69 Å². The van der Waals surface area contributed by atoms with E-state index < -0.39 is 0 Å². The van der Waals surface area contributed by atoms with Gasteiger partial charge >= 0.3 is 0 Å². The molecule has 0 bridgehead atoms. The van der Waals surface area contributed by atoms with Crippen LogP contribution in [-0.4, -0.2) is 16.1 Å². The van der Waals surface area contributed by atoms with Gasteiger partial charge in [-0.15, -0.1) is 0 Å². The smallest absolute Gasteiger partial charge is 0.146 e. The van der Waals surface area contributed by atoms with Crippen molar-refractivity contribution in [3.63, 3.8) is 0 Å². The van der Waals surface area contributed by atoms with Crippen molar-refractivity contribution in [3.8, 4) is 5.75 Å². The highest BCUT2D eigenvalue weighted by Gasteiger charge is 2.08. The summed E-state index contributed by atoms with van der Waals surface area (Å²) in [6, 6.07) is 9.78. The van der Waals surface area contributed by atoms with E-state index in [2.05, 4.69) is 16.5 Å². The largest absolute Gasteiger partial charge is 0.486 e. The minimum absolute atomic E-state index is 0.489. The number of imidazole rings is 1. The molecular formula is C14H19N3O. The second-order valence-electron chi connectivity index (χ2n) is 4.05. The molecule has 0 unspecified atom stereocenters. The zero-order chi connectivity index (χ0) is 12.8. The molecule has 0 saturated carbocycles. The Labute approximate surface area is 107 Å². The molecule has 0 saturated heterocycles. The maximum atomic E-state index is 5.71. The molecule has 1 aromatic carbocycles. The zero-order valence-electron chi connectivity index (χ0n) is 10.7. The van der Waals surface area contributed by atoms with Gasteiger partial charge in [-0.25, -0.2) is 4.98 Å². The van der Waals surface area contributed by atoms with Crippen LogP contribution in [0, 0.1) is 0 Å². The number of nitrogens with two attached hydrogens (primary N) is 1. The van der Waals surface area contributed by atoms with Gasteiger partial charge in [0.05, 0.1) is 0 Å². The molecule has 0 atom stereocenters. The summed E-state index contributed by atoms with van der Waals surface area (Å²) in [5, 5.41) is 0. The van der Waals surface area contributed by atoms with Crippen LogP contribution in [0.4, 0.5) is 0 Å². The van der Waals surface area contributed by atoms with Crippen LogP contribution >= 0.6 is 0 Å². The third-order valence-corrected chi connectivity index (χ3v) is 2.85. The van der Waals surface area contributed by atoms with Gasteiger partial charge in [-0.2, -0.15) is 0 Å². The molecular weight excluding hydrogens is 226 g/mol. The second-order valence-corrected chi connectivity index (χ2v) is 4.05. The average molecular weight is 245 g/mol. The lowest BCUT2D eigenvalue weighted by Crippen LogP contribution is -2.11. The Morgan fingerprint density at radius 3 is 2.72 bits per heavy atom. The van der Waals surface area contributed by atoms with Gasteiger partial charge < -0.3 is 15.0 Å². The van der Waals surface area contributed by atoms with Gasteiger partial charge in [0, 0.05) is 24.9 Å². The molecule has 18 heavy (non-hydrogen) atoms. The summed E-state index contributed by atoms with van der Waals surface area (Å²) in [6.45, 7) is 4.13. The lowest BCUT2D eigenvalue weighted by Gasteiger charge is -2.10. The molecule has 0 aliphatic rings. The van der Waals surface area contributed by atoms with Crippen molar-refractivity contribution in [1.29, 1.82) is 0 Å². The summed E-state index contributed by atoms with van der Waals surface area (Å²) in [6.07, 6.45) is 2.74. The number of hydrogen-bond donors (Lipinski definition) is 1. The predicted molar refractivity (Wildman–Crippen MR) is 71.4 cm³/mol. The molecule has 96 valence electrons. The van der Waals surface area contributed by atoms with Crippen molar-refractivity contribution in [3.05, 3.63) is 48.0 Å². The van der Waals surface area contributed by atoms with Crippen LogP contribution in [0.5, 0.6) is 5.75 Å². The molecule has 0 amide bonds. The van der Waals surface area contributed by atoms with Crippen molar-refractivity contribution >= 4 is 0 Å². The molecule has 0 aliphatic carbocycles. The molecule has 4 nitrogen and oxygen atoms in total. The molecule has 2 N–H and O–H groups in total. The second kappa shape index (κ2) is 6.21. The van der Waals surface area contributed by atoms with Gasteiger partial charge in [0.2, 0.25) is 0 Å². The van der Waals surface area contributed by atoms with Crippen LogP contribution in [0.3, 0.4) is 0 Å². The Bertz CT molecular complexity index is 479. The molecule has 1 aromatic heterocycles. The van der Waals surface area contributed by atoms with E-state index in [9.17, 15) is 0 Å². The highest BCUT2D eigenvalue weighted by atomic mass is 16.5. The van der Waals surface area contributed by atoms with Crippen molar-refractivity contribution in [1.82, 2.24) is 9.55 Å². The Morgan fingerprint density at radius 2 is 2.06 bits per heavy atom. The van der Waals surface area contributed by atoms with E-state index in [0.29, 0.717) is 13.2 Å². The summed E-state index contributed by atoms with van der Waals surface area (Å²) in [4.78, 5) is 4.40. The summed E-state index contributed by atoms with van der Waals surface area (Å²) in [5.41, 5.74) is 6.76. The quantitative estimate of drug-likeness (QED) is 0.846. The van der Waals surface area contributed by atoms with E-state index in [1.807, 2.05) is 36.5 Å². The highest BCUT2D eigenvalue weighted by Crippen LogP contribution is 2.12. The first-order chi connectivity index (χ1) is 8.85. The lowest BCUT2D eigenvalue weighted by atomic mass is 10.3. The van der Waals surface area contributed by atoms with Gasteiger partial charge in [0.25, 0.3) is 0 Å². The number of rotatable bonds is 6. The predicted octanol–water partition coefficient (Wildman–Crippen LogP) is 1.98. The third-order valence-electron chi connectivity index (χ3n) is 2.85. The fraction of sp³-hybridized carbons (Fsp3) is 0.357. The number of para-hydroxylation sites is 1. The summed E-state index contributed by atoms with van der Waals surface area (Å²) >= 11 is 0. The van der Waals surface area contributed by atoms with Gasteiger partial charge in [-0.1, -0.05) is 18.2 Å². The van der Waals surface area contributed by atoms with Gasteiger partial charge in [-0.05, 0) is 25.6 Å². The van der Waals surface area contributed by atoms with Crippen LogP contribution in [0.2, 0.25) is 0 Å². The van der Waals surface area contributed by atoms with Crippen molar-refractivity contribution in [2.75, 3.05) is 6.54 Å². The van der Waals surface area contributed by atoms with Crippen LogP contribution in [0.1, 0.15) is 18.4 Å². The van der Waals surface area contributed by atoms with Crippen LogP contribution in [0.25, 0.3) is 0 Å². The van der Waals surface area contributed by atoms with Crippen molar-refractivity contribution in [2.24, 2.45) is 5.73 Å². The summed E-state index contributed by atoms with van der Waals surface area (Å²) < 4.78 is 7.87. The summed E-state index contributed by atoms with van der Waals surface area (Å²) in [5.74, 6) is 1.81. The standard InChI is InChI=1S/C14H19N3O/c1-2-17-12(8-9-15)10-16-14(17)11-18-13-6-4-3-5-7-13/h3-7,10H,2,8-9,11,15H2,1H3. The number of benzene rings is 1. The van der Waals surface area contributed by atoms with Crippen LogP contribution < -0.4 is 10.5 Å². The number of nitrogens with zero attached hydrogens (tertiary/aromatic N) is 2. The van der Waals surface area contributed by atoms with Gasteiger partial charge in [-0.3, -0.25) is 0 Å². The molecule has 0 fully saturated rings. The first-order valence-electron chi connectivity index (χ1n) is 6.26. The Kier molecular flexibility index (Phi) is 4.36. The lowest BCUT2D eigenvalue weighted by molar-refractivity contribution is 0.289. The topological polar surface area (TPSA) is 53.1 Å². The number of aromatic nitrogens is 2. The monoisotopic (exact) mass is 245 g/mol. The van der Waals surface area contributed by atoms with Crippen LogP contribution in [-0.2, 0) is 19.6 Å². The normalized spacial score (nSPS) is 10.6. The summed E-state index contributed by atoms with van der Waals surface area (Å²) in [7, 11) is 0. The molecule has 2 aromatic rings. The first-order valence-corrected chi connectivity index (χ1v) is 6.26. The molecule has 0 aliphatic heterocycles. The minimum Gasteiger partial charge on any atom is -0.486 e.